The van der Waals surface area contributed by atoms with Crippen LogP contribution in [0.4, 0.5) is 5.82 Å². The number of nitrogens with one attached hydrogen (secondary N) is 1. The molecule has 2 aliphatic rings. The molecule has 0 spiro atoms. The first kappa shape index (κ1) is 24.9. The molecule has 6 rings (SSSR count). The van der Waals surface area contributed by atoms with Gasteiger partial charge in [0.2, 0.25) is 0 Å². The lowest BCUT2D eigenvalue weighted by Gasteiger charge is -2.38. The summed E-state index contributed by atoms with van der Waals surface area (Å²) in [5.74, 6) is 1.13. The van der Waals surface area contributed by atoms with E-state index in [2.05, 4.69) is 85.7 Å². The zero-order valence-corrected chi connectivity index (χ0v) is 23.5. The zero-order chi connectivity index (χ0) is 25.4. The molecule has 37 heavy (non-hydrogen) atoms. The van der Waals surface area contributed by atoms with E-state index in [1.807, 2.05) is 0 Å². The number of quaternary nitrogens is 1. The van der Waals surface area contributed by atoms with Crippen molar-refractivity contribution in [2.45, 2.75) is 50.1 Å². The quantitative estimate of drug-likeness (QED) is 0.275. The van der Waals surface area contributed by atoms with Gasteiger partial charge >= 0.3 is 0 Å². The fraction of sp³-hybridized carbons (Fsp3) is 0.400. The number of aromatic nitrogens is 2. The molecule has 0 radical (unpaired) electrons. The number of fused-ring (bicyclic) bond motifs is 3. The van der Waals surface area contributed by atoms with Crippen LogP contribution in [0.1, 0.15) is 47.9 Å². The van der Waals surface area contributed by atoms with E-state index in [1.54, 1.807) is 28.0 Å². The van der Waals surface area contributed by atoms with Gasteiger partial charge in [0.15, 0.2) is 5.16 Å². The van der Waals surface area contributed by atoms with E-state index in [1.165, 1.54) is 27.0 Å². The van der Waals surface area contributed by atoms with Gasteiger partial charge in [-0.2, -0.15) is 0 Å². The molecule has 0 bridgehead atoms. The summed E-state index contributed by atoms with van der Waals surface area (Å²) in [6.07, 6.45) is 4.01. The molecule has 0 aliphatic carbocycles. The Morgan fingerprint density at radius 1 is 1.03 bits per heavy atom. The van der Waals surface area contributed by atoms with Crippen LogP contribution in [-0.2, 0) is 17.8 Å². The third kappa shape index (κ3) is 4.78. The first-order chi connectivity index (χ1) is 18.1. The highest BCUT2D eigenvalue weighted by Crippen LogP contribution is 2.43. The summed E-state index contributed by atoms with van der Waals surface area (Å²) in [5, 5.41) is 2.13. The molecule has 1 N–H and O–H groups in total. The predicted molar refractivity (Wildman–Crippen MR) is 154 cm³/mol. The monoisotopic (exact) mass is 531 g/mol. The van der Waals surface area contributed by atoms with Crippen molar-refractivity contribution in [3.63, 3.8) is 0 Å². The Labute approximate surface area is 227 Å². The molecule has 2 aromatic heterocycles. The second kappa shape index (κ2) is 10.4. The molecule has 1 fully saturated rings. The van der Waals surface area contributed by atoms with E-state index >= 15 is 0 Å². The molecule has 0 amide bonds. The number of rotatable bonds is 6. The first-order valence-corrected chi connectivity index (χ1v) is 15.3. The Bertz CT molecular complexity index is 1330. The molecule has 0 saturated carbocycles. The van der Waals surface area contributed by atoms with Crippen LogP contribution in [0, 0.1) is 0 Å². The van der Waals surface area contributed by atoms with Crippen LogP contribution in [0.3, 0.4) is 0 Å². The van der Waals surface area contributed by atoms with Crippen molar-refractivity contribution < 1.29 is 9.64 Å². The number of nitrogens with zero attached hydrogens (tertiary/aromatic N) is 3. The van der Waals surface area contributed by atoms with Crippen molar-refractivity contribution in [2.75, 3.05) is 37.3 Å². The number of hydrogen-bond donors (Lipinski definition) is 1. The van der Waals surface area contributed by atoms with E-state index in [0.717, 1.165) is 54.8 Å². The molecule has 2 aromatic carbocycles. The van der Waals surface area contributed by atoms with Crippen LogP contribution in [-0.4, -0.2) is 48.0 Å². The molecule has 1 saturated heterocycles. The maximum absolute atomic E-state index is 6.28. The number of thioether (sulfide) groups is 1. The molecular weight excluding hydrogens is 496 g/mol. The van der Waals surface area contributed by atoms with Crippen molar-refractivity contribution in [1.82, 2.24) is 9.97 Å². The Morgan fingerprint density at radius 3 is 2.27 bits per heavy atom. The number of benzene rings is 2. The van der Waals surface area contributed by atoms with Gasteiger partial charge in [-0.05, 0) is 25.2 Å². The maximum atomic E-state index is 6.28. The molecule has 0 unspecified atom stereocenters. The lowest BCUT2D eigenvalue weighted by molar-refractivity contribution is -0.926. The standard InChI is InChI=1S/C30H34N4OS2/c1-4-30(2)19-23-24(20-35-30)37-28-25(23)27(31-29(32-28)36-3)34-17-15-33(16-18-34)26(21-11-7-5-8-12-21)22-13-9-6-10-14-22/h5-14,26H,4,15-20H2,1-3H3/p+1/t30-/m0/s1. The van der Waals surface area contributed by atoms with Crippen LogP contribution in [0.2, 0.25) is 0 Å². The molecule has 192 valence electrons. The summed E-state index contributed by atoms with van der Waals surface area (Å²) < 4.78 is 6.28. The second-order valence-electron chi connectivity index (χ2n) is 10.4. The third-order valence-electron chi connectivity index (χ3n) is 8.11. The smallest absolute Gasteiger partial charge is 0.190 e. The molecule has 4 aromatic rings. The lowest BCUT2D eigenvalue weighted by atomic mass is 9.90. The second-order valence-corrected chi connectivity index (χ2v) is 12.2. The van der Waals surface area contributed by atoms with Crippen LogP contribution in [0.5, 0.6) is 0 Å². The Morgan fingerprint density at radius 2 is 1.68 bits per heavy atom. The Hall–Kier alpha value is -2.45. The van der Waals surface area contributed by atoms with Crippen LogP contribution >= 0.6 is 23.1 Å². The Balaban J connectivity index is 1.32. The molecular formula is C30H35N4OS2+. The summed E-state index contributed by atoms with van der Waals surface area (Å²) in [7, 11) is 0. The Kier molecular flexibility index (Phi) is 6.97. The first-order valence-electron chi connectivity index (χ1n) is 13.3. The maximum Gasteiger partial charge on any atom is 0.190 e. The SMILES string of the molecule is CC[C@@]1(C)Cc2c(sc3nc(SC)nc(N4CC[NH+](C(c5ccccc5)c5ccccc5)CC4)c23)CO1. The van der Waals surface area contributed by atoms with E-state index in [9.17, 15) is 0 Å². The average Bonchev–Trinajstić information content (AvgIpc) is 3.31. The fourth-order valence-corrected chi connectivity index (χ4v) is 7.35. The topological polar surface area (TPSA) is 42.7 Å². The molecule has 7 heteroatoms. The summed E-state index contributed by atoms with van der Waals surface area (Å²) in [6.45, 7) is 9.25. The number of hydrogen-bond acceptors (Lipinski definition) is 6. The van der Waals surface area contributed by atoms with Crippen molar-refractivity contribution in [2.24, 2.45) is 0 Å². The number of anilines is 1. The van der Waals surface area contributed by atoms with E-state index in [-0.39, 0.29) is 5.60 Å². The highest BCUT2D eigenvalue weighted by molar-refractivity contribution is 7.98. The normalized spacial score (nSPS) is 20.5. The molecule has 1 atom stereocenters. The zero-order valence-electron chi connectivity index (χ0n) is 21.9. The fourth-order valence-electron chi connectivity index (χ4n) is 5.83. The van der Waals surface area contributed by atoms with Gasteiger partial charge < -0.3 is 14.5 Å². The average molecular weight is 532 g/mol. The highest BCUT2D eigenvalue weighted by Gasteiger charge is 2.36. The third-order valence-corrected chi connectivity index (χ3v) is 9.75. The van der Waals surface area contributed by atoms with Crippen LogP contribution in [0.25, 0.3) is 10.2 Å². The van der Waals surface area contributed by atoms with Crippen LogP contribution < -0.4 is 9.80 Å². The van der Waals surface area contributed by atoms with Gasteiger partial charge in [0.05, 0.1) is 43.8 Å². The lowest BCUT2D eigenvalue weighted by Crippen LogP contribution is -3.15. The van der Waals surface area contributed by atoms with E-state index in [4.69, 9.17) is 14.7 Å². The van der Waals surface area contributed by atoms with Gasteiger partial charge in [-0.1, -0.05) is 79.3 Å². The highest BCUT2D eigenvalue weighted by atomic mass is 32.2. The minimum absolute atomic E-state index is 0.113. The van der Waals surface area contributed by atoms with Gasteiger partial charge in [-0.15, -0.1) is 11.3 Å². The van der Waals surface area contributed by atoms with Gasteiger partial charge in [0.1, 0.15) is 16.7 Å². The van der Waals surface area contributed by atoms with E-state index in [0.29, 0.717) is 12.6 Å². The van der Waals surface area contributed by atoms with Crippen molar-refractivity contribution >= 4 is 39.1 Å². The van der Waals surface area contributed by atoms with Gasteiger partial charge in [0, 0.05) is 22.4 Å². The number of ether oxygens (including phenoxy) is 1. The molecule has 5 nitrogen and oxygen atoms in total. The summed E-state index contributed by atoms with van der Waals surface area (Å²) in [6, 6.07) is 22.3. The van der Waals surface area contributed by atoms with Crippen molar-refractivity contribution in [1.29, 1.82) is 0 Å². The minimum atomic E-state index is -0.113. The number of piperazine rings is 1. The van der Waals surface area contributed by atoms with Gasteiger partial charge in [-0.3, -0.25) is 0 Å². The largest absolute Gasteiger partial charge is 0.369 e. The van der Waals surface area contributed by atoms with E-state index < -0.39 is 0 Å². The summed E-state index contributed by atoms with van der Waals surface area (Å²) in [4.78, 5) is 16.6. The predicted octanol–water partition coefficient (Wildman–Crippen LogP) is 5.15. The van der Waals surface area contributed by atoms with Gasteiger partial charge in [0.25, 0.3) is 0 Å². The summed E-state index contributed by atoms with van der Waals surface area (Å²) >= 11 is 3.43. The van der Waals surface area contributed by atoms with Crippen molar-refractivity contribution in [3.8, 4) is 0 Å². The summed E-state index contributed by atoms with van der Waals surface area (Å²) in [5.41, 5.74) is 4.08. The van der Waals surface area contributed by atoms with Crippen molar-refractivity contribution in [3.05, 3.63) is 82.2 Å². The van der Waals surface area contributed by atoms with Crippen LogP contribution in [0.15, 0.2) is 65.8 Å². The number of thiophene rings is 1. The molecule has 2 aliphatic heterocycles. The minimum Gasteiger partial charge on any atom is -0.369 e. The van der Waals surface area contributed by atoms with Gasteiger partial charge in [-0.25, -0.2) is 9.97 Å². The molecule has 4 heterocycles.